The van der Waals surface area contributed by atoms with E-state index in [4.69, 9.17) is 4.74 Å². The molecule has 0 saturated heterocycles. The zero-order chi connectivity index (χ0) is 23.0. The van der Waals surface area contributed by atoms with Crippen LogP contribution in [0.3, 0.4) is 0 Å². The molecule has 1 aliphatic rings. The monoisotopic (exact) mass is 487 g/mol. The van der Waals surface area contributed by atoms with Crippen molar-refractivity contribution in [3.63, 3.8) is 0 Å². The molecular formula is C23H26ClN5O3S. The summed E-state index contributed by atoms with van der Waals surface area (Å²) in [6.45, 7) is 6.88. The smallest absolute Gasteiger partial charge is 0.275 e. The van der Waals surface area contributed by atoms with E-state index in [1.807, 2.05) is 45.3 Å². The van der Waals surface area contributed by atoms with E-state index in [1.165, 1.54) is 6.08 Å². The molecule has 1 aliphatic heterocycles. The van der Waals surface area contributed by atoms with Gasteiger partial charge < -0.3 is 9.64 Å². The molecule has 4 rings (SSSR count). The summed E-state index contributed by atoms with van der Waals surface area (Å²) in [6, 6.07) is 7.97. The van der Waals surface area contributed by atoms with Gasteiger partial charge in [-0.15, -0.1) is 23.7 Å². The Morgan fingerprint density at radius 2 is 1.79 bits per heavy atom. The number of nitrogens with one attached hydrogen (secondary N) is 1. The molecule has 1 N–H and O–H groups in total. The number of halogens is 1. The largest absolute Gasteiger partial charge is 0.492 e. The number of carbonyl (C=O) groups excluding carboxylic acids is 2. The molecule has 0 radical (unpaired) electrons. The third-order valence-corrected chi connectivity index (χ3v) is 6.38. The summed E-state index contributed by atoms with van der Waals surface area (Å²) in [5, 5.41) is 1.79. The highest BCUT2D eigenvalue weighted by atomic mass is 35.5. The quantitative estimate of drug-likeness (QED) is 0.504. The number of benzene rings is 1. The Morgan fingerprint density at radius 1 is 1.09 bits per heavy atom. The van der Waals surface area contributed by atoms with Gasteiger partial charge in [-0.3, -0.25) is 15.0 Å². The van der Waals surface area contributed by atoms with Crippen molar-refractivity contribution >= 4 is 51.6 Å². The van der Waals surface area contributed by atoms with Crippen molar-refractivity contribution in [1.29, 1.82) is 0 Å². The lowest BCUT2D eigenvalue weighted by Crippen LogP contribution is -2.36. The van der Waals surface area contributed by atoms with Crippen molar-refractivity contribution in [1.82, 2.24) is 19.9 Å². The van der Waals surface area contributed by atoms with E-state index in [0.29, 0.717) is 23.8 Å². The molecule has 0 aliphatic carbocycles. The van der Waals surface area contributed by atoms with E-state index in [1.54, 1.807) is 25.2 Å². The van der Waals surface area contributed by atoms with Gasteiger partial charge in [-0.2, -0.15) is 5.01 Å². The van der Waals surface area contributed by atoms with Gasteiger partial charge in [-0.1, -0.05) is 0 Å². The number of aryl methyl sites for hydroxylation is 2. The first-order valence-electron chi connectivity index (χ1n) is 10.2. The normalized spacial score (nSPS) is 13.5. The van der Waals surface area contributed by atoms with Crippen molar-refractivity contribution in [2.45, 2.75) is 20.8 Å². The van der Waals surface area contributed by atoms with Gasteiger partial charge in [0.25, 0.3) is 11.8 Å². The number of amides is 2. The number of aromatic nitrogens is 2. The summed E-state index contributed by atoms with van der Waals surface area (Å²) in [5.41, 5.74) is 5.33. The van der Waals surface area contributed by atoms with Crippen LogP contribution >= 0.6 is 23.7 Å². The van der Waals surface area contributed by atoms with Crippen LogP contribution in [-0.4, -0.2) is 58.9 Å². The van der Waals surface area contributed by atoms with Gasteiger partial charge in [-0.05, 0) is 70.3 Å². The van der Waals surface area contributed by atoms with Gasteiger partial charge in [0.2, 0.25) is 0 Å². The topological polar surface area (TPSA) is 87.7 Å². The maximum absolute atomic E-state index is 12.3. The standard InChI is InChI=1S/C23H25N5O3S.ClH/c1-13-12-18(29)28(23(13)30)26-21-19-14(2)20(32-22(19)25-15(3)24-21)16-6-8-17(9-7-16)31-11-10-27(4)5;/h6-9,12H,10-11H2,1-5H3,(H,24,25,26);1H. The number of hydrogen-bond donors (Lipinski definition) is 1. The minimum absolute atomic E-state index is 0. The first-order valence-corrected chi connectivity index (χ1v) is 11.1. The molecule has 0 atom stereocenters. The molecule has 1 aromatic carbocycles. The Labute approximate surface area is 202 Å². The van der Waals surface area contributed by atoms with Crippen LogP contribution in [0.5, 0.6) is 5.75 Å². The molecule has 0 spiro atoms. The third kappa shape index (κ3) is 5.00. The average molecular weight is 488 g/mol. The molecule has 10 heteroatoms. The van der Waals surface area contributed by atoms with Crippen LogP contribution in [0.2, 0.25) is 0 Å². The lowest BCUT2D eigenvalue weighted by atomic mass is 10.1. The Morgan fingerprint density at radius 3 is 2.39 bits per heavy atom. The number of carbonyl (C=O) groups is 2. The molecule has 174 valence electrons. The summed E-state index contributed by atoms with van der Waals surface area (Å²) in [6.07, 6.45) is 1.31. The van der Waals surface area contributed by atoms with Crippen molar-refractivity contribution in [3.05, 3.63) is 47.3 Å². The molecule has 2 amide bonds. The number of fused-ring (bicyclic) bond motifs is 1. The molecule has 0 unspecified atom stereocenters. The molecule has 8 nitrogen and oxygen atoms in total. The SMILES string of the molecule is CC1=CC(=O)N(Nc2nc(C)nc3sc(-c4ccc(OCCN(C)C)cc4)c(C)c23)C1=O.Cl. The van der Waals surface area contributed by atoms with E-state index in [-0.39, 0.29) is 18.3 Å². The fraction of sp³-hybridized carbons (Fsp3) is 0.304. The van der Waals surface area contributed by atoms with E-state index >= 15 is 0 Å². The fourth-order valence-corrected chi connectivity index (χ4v) is 4.68. The predicted octanol–water partition coefficient (Wildman–Crippen LogP) is 3.98. The Balaban J connectivity index is 0.00000306. The highest BCUT2D eigenvalue weighted by molar-refractivity contribution is 7.22. The number of imide groups is 1. The van der Waals surface area contributed by atoms with Crippen molar-refractivity contribution in [2.75, 3.05) is 32.7 Å². The van der Waals surface area contributed by atoms with Gasteiger partial charge in [0.05, 0.1) is 5.39 Å². The van der Waals surface area contributed by atoms with Gasteiger partial charge in [0.1, 0.15) is 23.0 Å². The minimum atomic E-state index is -0.408. The predicted molar refractivity (Wildman–Crippen MR) is 133 cm³/mol. The van der Waals surface area contributed by atoms with Crippen LogP contribution in [0, 0.1) is 13.8 Å². The molecular weight excluding hydrogens is 462 g/mol. The van der Waals surface area contributed by atoms with E-state index in [2.05, 4.69) is 20.3 Å². The average Bonchev–Trinajstić information content (AvgIpc) is 3.19. The molecule has 33 heavy (non-hydrogen) atoms. The summed E-state index contributed by atoms with van der Waals surface area (Å²) >= 11 is 1.55. The second kappa shape index (κ2) is 9.86. The van der Waals surface area contributed by atoms with E-state index < -0.39 is 5.91 Å². The van der Waals surface area contributed by atoms with Crippen LogP contribution in [0.4, 0.5) is 5.82 Å². The number of hydrogen-bond acceptors (Lipinski definition) is 8. The highest BCUT2D eigenvalue weighted by Gasteiger charge is 2.30. The third-order valence-electron chi connectivity index (χ3n) is 5.14. The van der Waals surface area contributed by atoms with Gasteiger partial charge in [0, 0.05) is 23.1 Å². The second-order valence-corrected chi connectivity index (χ2v) is 8.95. The molecule has 0 saturated carbocycles. The molecule has 0 fully saturated rings. The number of likely N-dealkylation sites (N-methyl/N-ethyl adjacent to an activating group) is 1. The second-order valence-electron chi connectivity index (χ2n) is 7.95. The van der Waals surface area contributed by atoms with E-state index in [0.717, 1.165) is 43.5 Å². The summed E-state index contributed by atoms with van der Waals surface area (Å²) in [7, 11) is 4.02. The first kappa shape index (κ1) is 24.6. The number of ether oxygens (including phenoxy) is 1. The summed E-state index contributed by atoms with van der Waals surface area (Å²) in [4.78, 5) is 37.5. The first-order chi connectivity index (χ1) is 15.2. The lowest BCUT2D eigenvalue weighted by Gasteiger charge is -2.17. The number of rotatable bonds is 7. The Kier molecular flexibility index (Phi) is 7.36. The highest BCUT2D eigenvalue weighted by Crippen LogP contribution is 2.40. The number of hydrazine groups is 1. The fourth-order valence-electron chi connectivity index (χ4n) is 3.45. The zero-order valence-electron chi connectivity index (χ0n) is 19.1. The number of thiophene rings is 1. The molecule has 3 heterocycles. The Hall–Kier alpha value is -3.01. The lowest BCUT2D eigenvalue weighted by molar-refractivity contribution is -0.135. The zero-order valence-corrected chi connectivity index (χ0v) is 20.8. The molecule has 3 aromatic rings. The molecule has 2 aromatic heterocycles. The van der Waals surface area contributed by atoms with Crippen LogP contribution in [-0.2, 0) is 9.59 Å². The molecule has 0 bridgehead atoms. The van der Waals surface area contributed by atoms with Gasteiger partial charge in [0.15, 0.2) is 5.82 Å². The van der Waals surface area contributed by atoms with Gasteiger partial charge in [-0.25, -0.2) is 9.97 Å². The summed E-state index contributed by atoms with van der Waals surface area (Å²) < 4.78 is 5.79. The maximum Gasteiger partial charge on any atom is 0.275 e. The minimum Gasteiger partial charge on any atom is -0.492 e. The number of nitrogens with zero attached hydrogens (tertiary/aromatic N) is 4. The summed E-state index contributed by atoms with van der Waals surface area (Å²) in [5.74, 6) is 1.04. The van der Waals surface area contributed by atoms with Crippen molar-refractivity contribution in [2.24, 2.45) is 0 Å². The van der Waals surface area contributed by atoms with Crippen LogP contribution in [0.15, 0.2) is 35.9 Å². The Bertz CT molecular complexity index is 1240. The van der Waals surface area contributed by atoms with E-state index in [9.17, 15) is 9.59 Å². The van der Waals surface area contributed by atoms with Crippen LogP contribution < -0.4 is 10.2 Å². The van der Waals surface area contributed by atoms with Crippen molar-refractivity contribution < 1.29 is 14.3 Å². The van der Waals surface area contributed by atoms with Gasteiger partial charge >= 0.3 is 0 Å². The maximum atomic E-state index is 12.3. The van der Waals surface area contributed by atoms with Crippen LogP contribution in [0.25, 0.3) is 20.7 Å². The number of anilines is 1. The van der Waals surface area contributed by atoms with Crippen LogP contribution in [0.1, 0.15) is 18.3 Å². The van der Waals surface area contributed by atoms with Crippen molar-refractivity contribution in [3.8, 4) is 16.2 Å².